The van der Waals surface area contributed by atoms with Crippen LogP contribution in [0.15, 0.2) is 178 Å². The van der Waals surface area contributed by atoms with Gasteiger partial charge in [0.15, 0.2) is 11.5 Å². The fourth-order valence-corrected chi connectivity index (χ4v) is 11.7. The summed E-state index contributed by atoms with van der Waals surface area (Å²) in [6.45, 7) is 3.82. The number of aryl methyl sites for hydroxylation is 2. The van der Waals surface area contributed by atoms with Crippen LogP contribution in [0.4, 0.5) is 45.5 Å². The van der Waals surface area contributed by atoms with Crippen LogP contribution in [-0.4, -0.2) is 57.1 Å². The Bertz CT molecular complexity index is 4380. The van der Waals surface area contributed by atoms with E-state index in [1.165, 1.54) is 14.2 Å². The topological polar surface area (TPSA) is 143 Å². The van der Waals surface area contributed by atoms with Gasteiger partial charge in [0.05, 0.1) is 47.8 Å². The number of ether oxygens (including phenoxy) is 2. The number of amides is 2. The zero-order valence-electron chi connectivity index (χ0n) is 45.3. The quantitative estimate of drug-likeness (QED) is 0.117. The molecule has 17 heteroatoms. The van der Waals surface area contributed by atoms with Crippen molar-refractivity contribution in [2.75, 3.05) is 50.1 Å². The first-order valence-electron chi connectivity index (χ1n) is 25.9. The highest BCUT2D eigenvalue weighted by atomic mass is 35.5. The van der Waals surface area contributed by atoms with E-state index in [2.05, 4.69) is 9.97 Å². The van der Waals surface area contributed by atoms with Crippen molar-refractivity contribution in [3.63, 3.8) is 0 Å². The number of fused-ring (bicyclic) bond motifs is 10. The fourth-order valence-electron chi connectivity index (χ4n) is 10.9. The summed E-state index contributed by atoms with van der Waals surface area (Å²) in [5.41, 5.74) is 10.7. The lowest BCUT2D eigenvalue weighted by Gasteiger charge is -2.22. The number of aromatic amines is 2. The van der Waals surface area contributed by atoms with Gasteiger partial charge < -0.3 is 34.1 Å². The van der Waals surface area contributed by atoms with Crippen molar-refractivity contribution in [1.82, 2.24) is 9.97 Å². The van der Waals surface area contributed by atoms with Gasteiger partial charge >= 0.3 is 0 Å². The van der Waals surface area contributed by atoms with Gasteiger partial charge in [0.1, 0.15) is 11.4 Å². The summed E-state index contributed by atoms with van der Waals surface area (Å²) in [6, 6.07) is 49.2. The first-order valence-corrected chi connectivity index (χ1v) is 27.4. The van der Waals surface area contributed by atoms with Gasteiger partial charge in [-0.2, -0.15) is 10.2 Å². The molecular formula is C65H49Cl4N9O4. The highest BCUT2D eigenvalue weighted by Crippen LogP contribution is 2.48. The lowest BCUT2D eigenvalue weighted by atomic mass is 9.99. The van der Waals surface area contributed by atoms with Crippen LogP contribution in [0.2, 0.25) is 20.1 Å². The first kappa shape index (κ1) is 53.7. The highest BCUT2D eigenvalue weighted by molar-refractivity contribution is 6.34. The predicted molar refractivity (Wildman–Crippen MR) is 337 cm³/mol. The SMILES string of the molecule is COc1c(C(=O)N(C)c2ccc(Cl)cc2C)cc2ccc3c4cc(Cl)ccc4[nH]c3c2c1N=Nc1ccc(N(C)c2ccc(N=Nc3c(OC)c(C(=O)N(C)c4ccc(Cl)cc4C)cc4ccc5c6cc(Cl)ccc6[nH]c5c34)cc2)cc1. The number of halogens is 4. The number of hydrogen-bond donors (Lipinski definition) is 2. The number of carbonyl (C=O) groups is 2. The second-order valence-electron chi connectivity index (χ2n) is 20.0. The van der Waals surface area contributed by atoms with E-state index in [9.17, 15) is 9.59 Å². The molecule has 0 radical (unpaired) electrons. The molecule has 0 saturated carbocycles. The zero-order valence-corrected chi connectivity index (χ0v) is 48.3. The number of azo groups is 2. The number of nitrogens with zero attached hydrogens (tertiary/aromatic N) is 7. The van der Waals surface area contributed by atoms with E-state index in [0.29, 0.717) is 65.3 Å². The van der Waals surface area contributed by atoms with Crippen molar-refractivity contribution < 1.29 is 19.1 Å². The molecule has 0 unspecified atom stereocenters. The smallest absolute Gasteiger partial charge is 0.261 e. The van der Waals surface area contributed by atoms with E-state index in [1.54, 1.807) is 36.0 Å². The molecule has 2 aromatic heterocycles. The number of carbonyl (C=O) groups excluding carboxylic acids is 2. The number of benzene rings is 10. The minimum atomic E-state index is -0.298. The van der Waals surface area contributed by atoms with Gasteiger partial charge in [-0.05, 0) is 169 Å². The Kier molecular flexibility index (Phi) is 14.1. The van der Waals surface area contributed by atoms with Crippen molar-refractivity contribution in [2.45, 2.75) is 13.8 Å². The number of anilines is 4. The first-order chi connectivity index (χ1) is 39.6. The third-order valence-corrected chi connectivity index (χ3v) is 16.0. The summed E-state index contributed by atoms with van der Waals surface area (Å²) in [6.07, 6.45) is 0. The zero-order chi connectivity index (χ0) is 57.2. The standard InChI is InChI=1S/C65H49Cl4N9O4/c1-34-28-38(66)12-26-54(34)77(4)64(79)50-30-36-8-22-46-48-32-40(68)10-24-52(48)70-58(46)56(36)60(62(50)81-6)74-72-42-14-18-44(19-15-42)76(3)45-20-16-43(17-21-45)73-75-61-57-37(9-23-47-49-33-41(69)11-25-53(49)71-59(47)57)31-51(63(61)82-7)65(80)78(5)55-27-13-39(67)29-35(55)2/h8-33,70-71H,1-7H3. The molecule has 0 spiro atoms. The van der Waals surface area contributed by atoms with E-state index in [-0.39, 0.29) is 23.3 Å². The Labute approximate surface area is 490 Å². The summed E-state index contributed by atoms with van der Waals surface area (Å²) in [5, 5.41) is 28.4. The summed E-state index contributed by atoms with van der Waals surface area (Å²) < 4.78 is 12.2. The van der Waals surface area contributed by atoms with E-state index in [4.69, 9.17) is 76.3 Å². The van der Waals surface area contributed by atoms with E-state index >= 15 is 0 Å². The number of aromatic nitrogens is 2. The lowest BCUT2D eigenvalue weighted by Crippen LogP contribution is -2.27. The van der Waals surface area contributed by atoms with Crippen LogP contribution < -0.4 is 24.2 Å². The highest BCUT2D eigenvalue weighted by Gasteiger charge is 2.28. The van der Waals surface area contributed by atoms with Crippen LogP contribution >= 0.6 is 46.4 Å². The van der Waals surface area contributed by atoms with Crippen LogP contribution in [0.25, 0.3) is 65.2 Å². The average Bonchev–Trinajstić information content (AvgIpc) is 3.49. The Morgan fingerprint density at radius 3 is 1.20 bits per heavy atom. The molecule has 0 bridgehead atoms. The molecular weight excluding hydrogens is 1110 g/mol. The molecule has 2 heterocycles. The molecule has 0 atom stereocenters. The third kappa shape index (κ3) is 9.54. The fraction of sp³-hybridized carbons (Fsp3) is 0.108. The molecule has 0 aliphatic heterocycles. The average molecular weight is 1160 g/mol. The van der Waals surface area contributed by atoms with Gasteiger partial charge in [-0.3, -0.25) is 9.59 Å². The Morgan fingerprint density at radius 1 is 0.439 bits per heavy atom. The summed E-state index contributed by atoms with van der Waals surface area (Å²) in [4.78, 5) is 41.4. The van der Waals surface area contributed by atoms with Gasteiger partial charge in [-0.25, -0.2) is 0 Å². The third-order valence-electron chi connectivity index (χ3n) is 15.1. The number of H-pyrrole nitrogens is 2. The van der Waals surface area contributed by atoms with Crippen molar-refractivity contribution in [2.24, 2.45) is 20.5 Å². The van der Waals surface area contributed by atoms with Crippen molar-refractivity contribution in [3.05, 3.63) is 200 Å². The number of rotatable bonds is 12. The molecule has 0 aliphatic rings. The number of methoxy groups -OCH3 is 2. The molecule has 12 rings (SSSR count). The summed E-state index contributed by atoms with van der Waals surface area (Å²) >= 11 is 25.6. The minimum Gasteiger partial charge on any atom is -0.494 e. The molecule has 2 amide bonds. The molecule has 0 fully saturated rings. The van der Waals surface area contributed by atoms with Crippen LogP contribution in [-0.2, 0) is 0 Å². The van der Waals surface area contributed by atoms with Gasteiger partial charge in [0.25, 0.3) is 11.8 Å². The second-order valence-corrected chi connectivity index (χ2v) is 21.7. The Balaban J connectivity index is 0.866. The molecule has 10 aromatic carbocycles. The molecule has 13 nitrogen and oxygen atoms in total. The van der Waals surface area contributed by atoms with Gasteiger partial charge in [-0.15, -0.1) is 10.2 Å². The van der Waals surface area contributed by atoms with E-state index in [0.717, 1.165) is 87.7 Å². The van der Waals surface area contributed by atoms with Gasteiger partial charge in [-0.1, -0.05) is 70.7 Å². The minimum absolute atomic E-state index is 0.268. The maximum Gasteiger partial charge on any atom is 0.261 e. The monoisotopic (exact) mass is 1160 g/mol. The molecule has 406 valence electrons. The van der Waals surface area contributed by atoms with Gasteiger partial charge in [0.2, 0.25) is 0 Å². The van der Waals surface area contributed by atoms with E-state index in [1.807, 2.05) is 171 Å². The van der Waals surface area contributed by atoms with E-state index < -0.39 is 0 Å². The summed E-state index contributed by atoms with van der Waals surface area (Å²) in [7, 11) is 8.47. The molecule has 2 N–H and O–H groups in total. The largest absolute Gasteiger partial charge is 0.494 e. The van der Waals surface area contributed by atoms with Crippen molar-refractivity contribution in [1.29, 1.82) is 0 Å². The van der Waals surface area contributed by atoms with Crippen LogP contribution in [0.3, 0.4) is 0 Å². The second kappa shape index (κ2) is 21.5. The maximum atomic E-state index is 14.5. The molecule has 0 aliphatic carbocycles. The number of hydrogen-bond acceptors (Lipinski definition) is 9. The van der Waals surface area contributed by atoms with Crippen LogP contribution in [0.1, 0.15) is 31.8 Å². The Hall–Kier alpha value is -8.98. The molecule has 12 aromatic rings. The van der Waals surface area contributed by atoms with Crippen LogP contribution in [0, 0.1) is 13.8 Å². The molecule has 0 saturated heterocycles. The van der Waals surface area contributed by atoms with Crippen molar-refractivity contribution >= 4 is 169 Å². The van der Waals surface area contributed by atoms with Crippen molar-refractivity contribution in [3.8, 4) is 11.5 Å². The normalized spacial score (nSPS) is 11.8. The summed E-state index contributed by atoms with van der Waals surface area (Å²) in [5.74, 6) is -0.0602. The number of nitrogens with one attached hydrogen (secondary N) is 2. The lowest BCUT2D eigenvalue weighted by molar-refractivity contribution is 0.0982. The molecule has 82 heavy (non-hydrogen) atoms. The predicted octanol–water partition coefficient (Wildman–Crippen LogP) is 19.7. The van der Waals surface area contributed by atoms with Gasteiger partial charge in [0, 0.05) is 107 Å². The van der Waals surface area contributed by atoms with Crippen LogP contribution in [0.5, 0.6) is 11.5 Å². The Morgan fingerprint density at radius 2 is 0.817 bits per heavy atom. The maximum absolute atomic E-state index is 14.5.